The predicted octanol–water partition coefficient (Wildman–Crippen LogP) is 2.77. The van der Waals surface area contributed by atoms with Crippen LogP contribution in [0, 0.1) is 0 Å². The van der Waals surface area contributed by atoms with Crippen LogP contribution in [-0.2, 0) is 4.79 Å². The van der Waals surface area contributed by atoms with Crippen molar-refractivity contribution in [3.8, 4) is 0 Å². The number of hydrogen-bond acceptors (Lipinski definition) is 6. The molecule has 7 nitrogen and oxygen atoms in total. The molecule has 2 aliphatic rings. The first-order valence-electron chi connectivity index (χ1n) is 8.66. The van der Waals surface area contributed by atoms with E-state index in [0.717, 1.165) is 55.1 Å². The lowest BCUT2D eigenvalue weighted by molar-refractivity contribution is -0.117. The number of amides is 1. The molecule has 0 aliphatic carbocycles. The topological polar surface area (TPSA) is 83.0 Å². The van der Waals surface area contributed by atoms with Crippen LogP contribution < -0.4 is 15.5 Å². The average molecular weight is 371 g/mol. The second-order valence-corrected chi connectivity index (χ2v) is 6.69. The molecule has 2 aliphatic heterocycles. The van der Waals surface area contributed by atoms with E-state index in [2.05, 4.69) is 31.7 Å². The number of nitrogens with zero attached hydrogens (tertiary/aromatic N) is 4. The van der Waals surface area contributed by atoms with Crippen LogP contribution in [0.5, 0.6) is 0 Å². The summed E-state index contributed by atoms with van der Waals surface area (Å²) in [4.78, 5) is 26.8. The molecule has 0 bridgehead atoms. The molecular formula is C18H19ClN6O. The van der Waals surface area contributed by atoms with Crippen LogP contribution in [0.1, 0.15) is 25.0 Å². The Bertz CT molecular complexity index is 869. The van der Waals surface area contributed by atoms with Gasteiger partial charge in [0.15, 0.2) is 0 Å². The van der Waals surface area contributed by atoms with E-state index in [0.29, 0.717) is 17.4 Å². The number of rotatable bonds is 4. The lowest BCUT2D eigenvalue weighted by atomic mass is 10.1. The number of hydrogen-bond donors (Lipinski definition) is 2. The highest BCUT2D eigenvalue weighted by Gasteiger charge is 2.22. The van der Waals surface area contributed by atoms with E-state index in [1.54, 1.807) is 23.5 Å². The quantitative estimate of drug-likeness (QED) is 0.861. The lowest BCUT2D eigenvalue weighted by Gasteiger charge is -2.17. The van der Waals surface area contributed by atoms with Gasteiger partial charge < -0.3 is 15.5 Å². The highest BCUT2D eigenvalue weighted by Crippen LogP contribution is 2.28. The maximum Gasteiger partial charge on any atom is 0.227 e. The zero-order chi connectivity index (χ0) is 17.9. The number of carbonyl (C=O) groups excluding carboxylic acids is 1. The summed E-state index contributed by atoms with van der Waals surface area (Å²) in [6.07, 6.45) is 9.44. The van der Waals surface area contributed by atoms with Crippen molar-refractivity contribution in [3.05, 3.63) is 41.4 Å². The van der Waals surface area contributed by atoms with Gasteiger partial charge in [-0.25, -0.2) is 9.97 Å². The first-order valence-corrected chi connectivity index (χ1v) is 9.03. The van der Waals surface area contributed by atoms with Crippen LogP contribution >= 0.6 is 11.6 Å². The third kappa shape index (κ3) is 3.54. The molecule has 26 heavy (non-hydrogen) atoms. The predicted molar refractivity (Wildman–Crippen MR) is 102 cm³/mol. The Hall–Kier alpha value is -2.51. The molecule has 1 fully saturated rings. The molecule has 4 rings (SSSR count). The van der Waals surface area contributed by atoms with Crippen molar-refractivity contribution < 1.29 is 4.79 Å². The van der Waals surface area contributed by atoms with Gasteiger partial charge in [-0.2, -0.15) is 0 Å². The second kappa shape index (κ2) is 7.39. The second-order valence-electron chi connectivity index (χ2n) is 6.28. The van der Waals surface area contributed by atoms with Crippen LogP contribution in [0.4, 0.5) is 17.3 Å². The molecule has 2 aromatic rings. The molecule has 1 amide bonds. The van der Waals surface area contributed by atoms with Crippen molar-refractivity contribution in [2.45, 2.75) is 19.3 Å². The summed E-state index contributed by atoms with van der Waals surface area (Å²) >= 11 is 6.29. The van der Waals surface area contributed by atoms with Crippen LogP contribution in [0.15, 0.2) is 30.7 Å². The van der Waals surface area contributed by atoms with E-state index >= 15 is 0 Å². The van der Waals surface area contributed by atoms with Crippen LogP contribution in [-0.4, -0.2) is 40.5 Å². The van der Waals surface area contributed by atoms with Gasteiger partial charge in [-0.15, -0.1) is 0 Å². The number of nitrogens with one attached hydrogen (secondary N) is 2. The van der Waals surface area contributed by atoms with Crippen LogP contribution in [0.3, 0.4) is 0 Å². The van der Waals surface area contributed by atoms with E-state index in [1.807, 2.05) is 6.07 Å². The highest BCUT2D eigenvalue weighted by molar-refractivity contribution is 6.32. The van der Waals surface area contributed by atoms with E-state index in [4.69, 9.17) is 11.6 Å². The van der Waals surface area contributed by atoms with Gasteiger partial charge in [-0.05, 0) is 31.0 Å². The molecule has 0 radical (unpaired) electrons. The molecular weight excluding hydrogens is 352 g/mol. The van der Waals surface area contributed by atoms with Gasteiger partial charge in [0.2, 0.25) is 11.9 Å². The van der Waals surface area contributed by atoms with Gasteiger partial charge >= 0.3 is 0 Å². The third-order valence-corrected chi connectivity index (χ3v) is 4.75. The van der Waals surface area contributed by atoms with Gasteiger partial charge in [0, 0.05) is 19.5 Å². The van der Waals surface area contributed by atoms with E-state index in [1.165, 1.54) is 0 Å². The van der Waals surface area contributed by atoms with Crippen molar-refractivity contribution in [1.82, 2.24) is 20.3 Å². The summed E-state index contributed by atoms with van der Waals surface area (Å²) in [6.45, 7) is 2.45. The smallest absolute Gasteiger partial charge is 0.227 e. The standard InChI is InChI=1S/C18H19ClN6O/c19-15-11-22-18(24-17(15)12-3-5-20-6-4-12)23-13-8-14(10-21-9-13)25-7-1-2-16(25)26/h3,8-11,20H,1-2,4-7H2,(H,22,23,24). The number of aromatic nitrogens is 3. The maximum atomic E-state index is 11.9. The molecule has 1 saturated heterocycles. The van der Waals surface area contributed by atoms with Crippen LogP contribution in [0.2, 0.25) is 5.02 Å². The number of halogens is 1. The first-order chi connectivity index (χ1) is 12.7. The fraction of sp³-hybridized carbons (Fsp3) is 0.333. The summed E-state index contributed by atoms with van der Waals surface area (Å²) in [7, 11) is 0. The Morgan fingerprint density at radius 3 is 2.92 bits per heavy atom. The summed E-state index contributed by atoms with van der Waals surface area (Å²) < 4.78 is 0. The number of anilines is 3. The fourth-order valence-corrected chi connectivity index (χ4v) is 3.40. The summed E-state index contributed by atoms with van der Waals surface area (Å²) in [5, 5.41) is 6.98. The maximum absolute atomic E-state index is 11.9. The average Bonchev–Trinajstić information content (AvgIpc) is 3.10. The minimum Gasteiger partial charge on any atom is -0.323 e. The van der Waals surface area contributed by atoms with Gasteiger partial charge in [0.1, 0.15) is 0 Å². The van der Waals surface area contributed by atoms with E-state index in [9.17, 15) is 4.79 Å². The lowest BCUT2D eigenvalue weighted by Crippen LogP contribution is -2.23. The normalized spacial score (nSPS) is 17.3. The van der Waals surface area contributed by atoms with Gasteiger partial charge in [-0.1, -0.05) is 17.7 Å². The Kier molecular flexibility index (Phi) is 4.81. The van der Waals surface area contributed by atoms with Crippen LogP contribution in [0.25, 0.3) is 5.57 Å². The SMILES string of the molecule is O=C1CCCN1c1cncc(Nc2ncc(Cl)c(C3=CCNCC3)n2)c1. The van der Waals surface area contributed by atoms with Gasteiger partial charge in [0.05, 0.1) is 40.7 Å². The summed E-state index contributed by atoms with van der Waals surface area (Å²) in [6, 6.07) is 1.89. The van der Waals surface area contributed by atoms with Gasteiger partial charge in [-0.3, -0.25) is 9.78 Å². The van der Waals surface area contributed by atoms with E-state index < -0.39 is 0 Å². The van der Waals surface area contributed by atoms with Crippen molar-refractivity contribution in [3.63, 3.8) is 0 Å². The Morgan fingerprint density at radius 2 is 2.15 bits per heavy atom. The summed E-state index contributed by atoms with van der Waals surface area (Å²) in [5.74, 6) is 0.586. The van der Waals surface area contributed by atoms with Crippen molar-refractivity contribution in [2.24, 2.45) is 0 Å². The molecule has 134 valence electrons. The zero-order valence-electron chi connectivity index (χ0n) is 14.2. The molecule has 0 aromatic carbocycles. The van der Waals surface area contributed by atoms with Crippen molar-refractivity contribution in [2.75, 3.05) is 29.9 Å². The molecule has 2 aromatic heterocycles. The fourth-order valence-electron chi connectivity index (χ4n) is 3.18. The Labute approximate surface area is 156 Å². The molecule has 0 saturated carbocycles. The molecule has 8 heteroatoms. The van der Waals surface area contributed by atoms with Crippen molar-refractivity contribution >= 4 is 40.4 Å². The molecule has 2 N–H and O–H groups in total. The van der Waals surface area contributed by atoms with Crippen molar-refractivity contribution in [1.29, 1.82) is 0 Å². The Balaban J connectivity index is 1.58. The largest absolute Gasteiger partial charge is 0.323 e. The number of carbonyl (C=O) groups is 1. The minimum atomic E-state index is 0.131. The van der Waals surface area contributed by atoms with Gasteiger partial charge in [0.25, 0.3) is 0 Å². The minimum absolute atomic E-state index is 0.131. The Morgan fingerprint density at radius 1 is 1.23 bits per heavy atom. The highest BCUT2D eigenvalue weighted by atomic mass is 35.5. The van der Waals surface area contributed by atoms with E-state index in [-0.39, 0.29) is 5.91 Å². The molecule has 0 atom stereocenters. The number of pyridine rings is 1. The first kappa shape index (κ1) is 16.9. The molecule has 0 unspecified atom stereocenters. The summed E-state index contributed by atoms with van der Waals surface area (Å²) in [5.41, 5.74) is 3.39. The third-order valence-electron chi connectivity index (χ3n) is 4.48. The monoisotopic (exact) mass is 370 g/mol. The molecule has 4 heterocycles. The molecule has 0 spiro atoms. The zero-order valence-corrected chi connectivity index (χ0v) is 15.0.